The number of aromatic nitrogens is 2. The monoisotopic (exact) mass is 281 g/mol. The molecule has 4 heteroatoms. The second kappa shape index (κ2) is 5.58. The Bertz CT molecular complexity index is 760. The van der Waals surface area contributed by atoms with Gasteiger partial charge in [0.1, 0.15) is 5.82 Å². The van der Waals surface area contributed by atoms with E-state index in [1.807, 2.05) is 24.3 Å². The lowest BCUT2D eigenvalue weighted by molar-refractivity contribution is 0.278. The van der Waals surface area contributed by atoms with E-state index in [0.29, 0.717) is 6.54 Å². The number of nitrogens with zero attached hydrogens (tertiary/aromatic N) is 2. The lowest BCUT2D eigenvalue weighted by Gasteiger charge is -2.07. The molecule has 0 aliphatic carbocycles. The van der Waals surface area contributed by atoms with Gasteiger partial charge in [-0.1, -0.05) is 13.0 Å². The van der Waals surface area contributed by atoms with Crippen LogP contribution in [0.25, 0.3) is 22.4 Å². The van der Waals surface area contributed by atoms with Crippen molar-refractivity contribution >= 4 is 16.7 Å². The first kappa shape index (κ1) is 13.6. The number of nitrogens with two attached hydrogens (primary N) is 1. The number of imidazole rings is 1. The van der Waals surface area contributed by atoms with E-state index >= 15 is 0 Å². The van der Waals surface area contributed by atoms with Gasteiger partial charge in [-0.2, -0.15) is 0 Å². The van der Waals surface area contributed by atoms with Crippen LogP contribution < -0.4 is 5.73 Å². The summed E-state index contributed by atoms with van der Waals surface area (Å²) < 4.78 is 2.06. The summed E-state index contributed by atoms with van der Waals surface area (Å²) >= 11 is 0. The Morgan fingerprint density at radius 2 is 1.90 bits per heavy atom. The number of hydrogen-bond acceptors (Lipinski definition) is 3. The van der Waals surface area contributed by atoms with Crippen molar-refractivity contribution in [3.63, 3.8) is 0 Å². The van der Waals surface area contributed by atoms with E-state index in [2.05, 4.69) is 29.7 Å². The minimum atomic E-state index is 0.0863. The van der Waals surface area contributed by atoms with Crippen LogP contribution in [-0.2, 0) is 13.0 Å². The summed E-state index contributed by atoms with van der Waals surface area (Å²) in [5, 5.41) is 9.35. The molecule has 0 saturated heterocycles. The van der Waals surface area contributed by atoms with E-state index in [1.54, 1.807) is 0 Å². The average molecular weight is 281 g/mol. The van der Waals surface area contributed by atoms with Gasteiger partial charge in [0.25, 0.3) is 0 Å². The molecule has 3 N–H and O–H groups in total. The fraction of sp³-hybridized carbons (Fsp3) is 0.235. The highest BCUT2D eigenvalue weighted by molar-refractivity contribution is 5.81. The lowest BCUT2D eigenvalue weighted by Crippen LogP contribution is -2.04. The first-order chi connectivity index (χ1) is 10.2. The minimum Gasteiger partial charge on any atom is -0.399 e. The highest BCUT2D eigenvalue weighted by Gasteiger charge is 2.12. The fourth-order valence-electron chi connectivity index (χ4n) is 2.57. The summed E-state index contributed by atoms with van der Waals surface area (Å²) in [6.45, 7) is 2.75. The maximum atomic E-state index is 9.35. The largest absolute Gasteiger partial charge is 0.399 e. The van der Waals surface area contributed by atoms with Crippen molar-refractivity contribution in [2.75, 3.05) is 12.3 Å². The Morgan fingerprint density at radius 3 is 2.57 bits per heavy atom. The molecular formula is C17H19N3O. The standard InChI is InChI=1S/C17H19N3O/c1-2-12-3-8-16-15(11-12)19-17(20(16)9-10-21)13-4-6-14(18)7-5-13/h3-8,11,21H,2,9-10,18H2,1H3. The second-order valence-electron chi connectivity index (χ2n) is 5.11. The molecule has 0 saturated carbocycles. The van der Waals surface area contributed by atoms with Crippen LogP contribution in [0.4, 0.5) is 5.69 Å². The van der Waals surface area contributed by atoms with Gasteiger partial charge < -0.3 is 15.4 Å². The molecule has 0 unspecified atom stereocenters. The van der Waals surface area contributed by atoms with Crippen LogP contribution in [0.15, 0.2) is 42.5 Å². The molecule has 0 bridgehead atoms. The predicted molar refractivity (Wildman–Crippen MR) is 86.0 cm³/mol. The summed E-state index contributed by atoms with van der Waals surface area (Å²) in [5.74, 6) is 0.868. The summed E-state index contributed by atoms with van der Waals surface area (Å²) in [7, 11) is 0. The molecule has 0 radical (unpaired) electrons. The van der Waals surface area contributed by atoms with Gasteiger partial charge in [-0.15, -0.1) is 0 Å². The van der Waals surface area contributed by atoms with Crippen LogP contribution >= 0.6 is 0 Å². The normalized spacial score (nSPS) is 11.1. The van der Waals surface area contributed by atoms with Crippen molar-refractivity contribution in [1.29, 1.82) is 0 Å². The Kier molecular flexibility index (Phi) is 3.62. The van der Waals surface area contributed by atoms with E-state index in [9.17, 15) is 5.11 Å². The van der Waals surface area contributed by atoms with Crippen LogP contribution in [0.3, 0.4) is 0 Å². The number of rotatable bonds is 4. The quantitative estimate of drug-likeness (QED) is 0.723. The molecular weight excluding hydrogens is 262 g/mol. The fourth-order valence-corrected chi connectivity index (χ4v) is 2.57. The number of aliphatic hydroxyl groups excluding tert-OH is 1. The number of aryl methyl sites for hydroxylation is 1. The predicted octanol–water partition coefficient (Wildman–Crippen LogP) is 2.84. The molecule has 0 aliphatic heterocycles. The zero-order valence-electron chi connectivity index (χ0n) is 12.1. The van der Waals surface area contributed by atoms with Gasteiger partial charge in [0.15, 0.2) is 0 Å². The van der Waals surface area contributed by atoms with E-state index in [-0.39, 0.29) is 6.61 Å². The molecule has 0 spiro atoms. The first-order valence-corrected chi connectivity index (χ1v) is 7.19. The zero-order valence-corrected chi connectivity index (χ0v) is 12.1. The van der Waals surface area contributed by atoms with Crippen LogP contribution in [0, 0.1) is 0 Å². The van der Waals surface area contributed by atoms with Crippen molar-refractivity contribution in [3.8, 4) is 11.4 Å². The summed E-state index contributed by atoms with van der Waals surface area (Å²) in [6, 6.07) is 14.0. The van der Waals surface area contributed by atoms with Crippen LogP contribution in [0.1, 0.15) is 12.5 Å². The molecule has 0 atom stereocenters. The van der Waals surface area contributed by atoms with Gasteiger partial charge in [0.05, 0.1) is 17.6 Å². The van der Waals surface area contributed by atoms with Crippen molar-refractivity contribution < 1.29 is 5.11 Å². The van der Waals surface area contributed by atoms with Gasteiger partial charge in [-0.3, -0.25) is 0 Å². The molecule has 0 amide bonds. The molecule has 4 nitrogen and oxygen atoms in total. The average Bonchev–Trinajstić information content (AvgIpc) is 2.86. The van der Waals surface area contributed by atoms with E-state index in [1.165, 1.54) is 5.56 Å². The molecule has 108 valence electrons. The Morgan fingerprint density at radius 1 is 1.14 bits per heavy atom. The maximum absolute atomic E-state index is 9.35. The van der Waals surface area contributed by atoms with Crippen molar-refractivity contribution in [2.24, 2.45) is 0 Å². The van der Waals surface area contributed by atoms with Gasteiger partial charge in [-0.05, 0) is 48.4 Å². The van der Waals surface area contributed by atoms with Crippen molar-refractivity contribution in [3.05, 3.63) is 48.0 Å². The SMILES string of the molecule is CCc1ccc2c(c1)nc(-c1ccc(N)cc1)n2CCO. The van der Waals surface area contributed by atoms with Crippen LogP contribution in [0.2, 0.25) is 0 Å². The molecule has 3 rings (SSSR count). The molecule has 21 heavy (non-hydrogen) atoms. The topological polar surface area (TPSA) is 64.1 Å². The first-order valence-electron chi connectivity index (χ1n) is 7.19. The van der Waals surface area contributed by atoms with Crippen LogP contribution in [-0.4, -0.2) is 21.3 Å². The second-order valence-corrected chi connectivity index (χ2v) is 5.11. The van der Waals surface area contributed by atoms with Gasteiger partial charge in [0, 0.05) is 17.8 Å². The number of fused-ring (bicyclic) bond motifs is 1. The third-order valence-corrected chi connectivity index (χ3v) is 3.71. The smallest absolute Gasteiger partial charge is 0.141 e. The number of nitrogen functional groups attached to an aromatic ring is 1. The maximum Gasteiger partial charge on any atom is 0.141 e. The van der Waals surface area contributed by atoms with E-state index in [0.717, 1.165) is 34.5 Å². The van der Waals surface area contributed by atoms with E-state index < -0.39 is 0 Å². The zero-order chi connectivity index (χ0) is 14.8. The van der Waals surface area contributed by atoms with Gasteiger partial charge >= 0.3 is 0 Å². The number of benzene rings is 2. The minimum absolute atomic E-state index is 0.0863. The molecule has 3 aromatic rings. The summed E-state index contributed by atoms with van der Waals surface area (Å²) in [5.41, 5.74) is 10.8. The molecule has 2 aromatic carbocycles. The number of anilines is 1. The third kappa shape index (κ3) is 2.50. The number of hydrogen-bond donors (Lipinski definition) is 2. The molecule has 0 aliphatic rings. The lowest BCUT2D eigenvalue weighted by atomic mass is 10.1. The summed E-state index contributed by atoms with van der Waals surface area (Å²) in [6.07, 6.45) is 0.986. The Hall–Kier alpha value is -2.33. The van der Waals surface area contributed by atoms with Crippen molar-refractivity contribution in [1.82, 2.24) is 9.55 Å². The molecule has 1 heterocycles. The van der Waals surface area contributed by atoms with Gasteiger partial charge in [0.2, 0.25) is 0 Å². The van der Waals surface area contributed by atoms with Gasteiger partial charge in [-0.25, -0.2) is 4.98 Å². The van der Waals surface area contributed by atoms with E-state index in [4.69, 9.17) is 10.7 Å². The highest BCUT2D eigenvalue weighted by atomic mass is 16.3. The third-order valence-electron chi connectivity index (χ3n) is 3.71. The molecule has 1 aromatic heterocycles. The molecule has 0 fully saturated rings. The van der Waals surface area contributed by atoms with Crippen LogP contribution in [0.5, 0.6) is 0 Å². The highest BCUT2D eigenvalue weighted by Crippen LogP contribution is 2.26. The Balaban J connectivity index is 2.20. The van der Waals surface area contributed by atoms with Crippen molar-refractivity contribution in [2.45, 2.75) is 19.9 Å². The summed E-state index contributed by atoms with van der Waals surface area (Å²) in [4.78, 5) is 4.75. The Labute approximate surface area is 123 Å². The number of aliphatic hydroxyl groups is 1.